The fourth-order valence-corrected chi connectivity index (χ4v) is 7.11. The number of fused-ring (bicyclic) bond motifs is 1. The Bertz CT molecular complexity index is 687. The van der Waals surface area contributed by atoms with Crippen LogP contribution in [-0.4, -0.2) is 40.9 Å². The van der Waals surface area contributed by atoms with E-state index in [0.29, 0.717) is 6.42 Å². The summed E-state index contributed by atoms with van der Waals surface area (Å²) in [7, 11) is -3.80. The minimum absolute atomic E-state index is 0.00164. The Morgan fingerprint density at radius 2 is 1.64 bits per heavy atom. The zero-order valence-electron chi connectivity index (χ0n) is 23.4. The smallest absolute Gasteiger partial charge is 0.306 e. The van der Waals surface area contributed by atoms with E-state index in [1.54, 1.807) is 0 Å². The van der Waals surface area contributed by atoms with E-state index in [0.717, 1.165) is 12.8 Å². The molecule has 1 saturated carbocycles. The van der Waals surface area contributed by atoms with Crippen LogP contribution in [0.5, 0.6) is 0 Å². The molecule has 0 N–H and O–H groups in total. The van der Waals surface area contributed by atoms with E-state index in [1.165, 1.54) is 19.3 Å². The third-order valence-electron chi connectivity index (χ3n) is 8.70. The lowest BCUT2D eigenvalue weighted by Gasteiger charge is -2.40. The van der Waals surface area contributed by atoms with Gasteiger partial charge < -0.3 is 13.6 Å². The van der Waals surface area contributed by atoms with Gasteiger partial charge in [0.25, 0.3) is 0 Å². The largest absolute Gasteiger partial charge is 0.462 e. The van der Waals surface area contributed by atoms with Crippen LogP contribution in [0.25, 0.3) is 0 Å². The number of hydrogen-bond donors (Lipinski definition) is 0. The molecular formula is C27H52O4Si2. The Hall–Kier alpha value is -0.436. The van der Waals surface area contributed by atoms with Crippen LogP contribution >= 0.6 is 0 Å². The summed E-state index contributed by atoms with van der Waals surface area (Å²) in [5.74, 6) is 0.395. The summed E-state index contributed by atoms with van der Waals surface area (Å²) >= 11 is 0. The van der Waals surface area contributed by atoms with Gasteiger partial charge in [-0.15, -0.1) is 0 Å². The Morgan fingerprint density at radius 1 is 1.03 bits per heavy atom. The quantitative estimate of drug-likeness (QED) is 0.134. The Kier molecular flexibility index (Phi) is 9.31. The molecule has 0 aromatic rings. The van der Waals surface area contributed by atoms with E-state index in [2.05, 4.69) is 86.8 Å². The highest BCUT2D eigenvalue weighted by atomic mass is 28.4. The van der Waals surface area contributed by atoms with Crippen LogP contribution in [0.15, 0.2) is 12.2 Å². The first-order chi connectivity index (χ1) is 15.0. The van der Waals surface area contributed by atoms with Gasteiger partial charge in [-0.1, -0.05) is 79.9 Å². The number of ether oxygens (including phenoxy) is 1. The van der Waals surface area contributed by atoms with Gasteiger partial charge in [-0.3, -0.25) is 4.79 Å². The first kappa shape index (κ1) is 28.8. The van der Waals surface area contributed by atoms with Gasteiger partial charge in [-0.2, -0.15) is 0 Å². The minimum atomic E-state index is -1.92. The summed E-state index contributed by atoms with van der Waals surface area (Å²) in [6.45, 7) is 25.3. The first-order valence-corrected chi connectivity index (χ1v) is 19.0. The molecule has 2 rings (SSSR count). The van der Waals surface area contributed by atoms with Crippen LogP contribution < -0.4 is 0 Å². The van der Waals surface area contributed by atoms with Crippen molar-refractivity contribution >= 4 is 22.6 Å². The number of carbonyl (C=O) groups is 1. The van der Waals surface area contributed by atoms with Crippen LogP contribution in [0.4, 0.5) is 0 Å². The van der Waals surface area contributed by atoms with Gasteiger partial charge in [-0.25, -0.2) is 0 Å². The molecule has 5 unspecified atom stereocenters. The van der Waals surface area contributed by atoms with Crippen molar-refractivity contribution < 1.29 is 18.4 Å². The van der Waals surface area contributed by atoms with Crippen molar-refractivity contribution in [3.05, 3.63) is 12.2 Å². The molecule has 1 aliphatic heterocycles. The van der Waals surface area contributed by atoms with E-state index in [1.807, 2.05) is 0 Å². The number of carbonyl (C=O) groups excluding carboxylic acids is 1. The van der Waals surface area contributed by atoms with Crippen LogP contribution in [0.1, 0.15) is 87.0 Å². The zero-order chi connectivity index (χ0) is 25.2. The van der Waals surface area contributed by atoms with Crippen molar-refractivity contribution in [2.75, 3.05) is 0 Å². The molecule has 0 aromatic carbocycles. The molecule has 1 aliphatic carbocycles. The first-order valence-electron chi connectivity index (χ1n) is 13.2. The lowest BCUT2D eigenvalue weighted by Crippen LogP contribution is -2.45. The normalized spacial score (nSPS) is 27.8. The molecule has 192 valence electrons. The van der Waals surface area contributed by atoms with Gasteiger partial charge in [0.05, 0.1) is 18.6 Å². The SMILES string of the molecule is CCCCCC(C=CC1C(O[Si](C)(C)C(C)(C)C)CC2OC(=O)CC21)O[Si](C)(C)C(C)(C)C. The molecule has 0 spiro atoms. The number of hydrogen-bond acceptors (Lipinski definition) is 4. The molecule has 0 bridgehead atoms. The Morgan fingerprint density at radius 3 is 2.18 bits per heavy atom. The summed E-state index contributed by atoms with van der Waals surface area (Å²) in [5.41, 5.74) is 0. The van der Waals surface area contributed by atoms with Gasteiger partial charge in [0.2, 0.25) is 0 Å². The van der Waals surface area contributed by atoms with Gasteiger partial charge >= 0.3 is 5.97 Å². The highest BCUT2D eigenvalue weighted by Crippen LogP contribution is 2.47. The highest BCUT2D eigenvalue weighted by molar-refractivity contribution is 6.74. The Labute approximate surface area is 206 Å². The standard InChI is InChI=1S/C27H52O4Si2/c1-12-13-14-15-20(30-32(8,9)26(2,3)4)16-17-21-22-18-25(28)29-23(22)19-24(21)31-33(10,11)27(5,6)7/h16-17,20-24H,12-15,18-19H2,1-11H3. The lowest BCUT2D eigenvalue weighted by molar-refractivity contribution is -0.141. The molecule has 33 heavy (non-hydrogen) atoms. The fraction of sp³-hybridized carbons (Fsp3) is 0.889. The van der Waals surface area contributed by atoms with E-state index in [-0.39, 0.29) is 46.2 Å². The van der Waals surface area contributed by atoms with Crippen molar-refractivity contribution in [1.29, 1.82) is 0 Å². The molecule has 4 nitrogen and oxygen atoms in total. The summed E-state index contributed by atoms with van der Waals surface area (Å²) < 4.78 is 19.4. The van der Waals surface area contributed by atoms with Gasteiger partial charge in [0.15, 0.2) is 16.6 Å². The molecule has 1 heterocycles. The van der Waals surface area contributed by atoms with E-state index >= 15 is 0 Å². The predicted octanol–water partition coefficient (Wildman–Crippen LogP) is 7.86. The van der Waals surface area contributed by atoms with Crippen LogP contribution in [0, 0.1) is 11.8 Å². The third-order valence-corrected chi connectivity index (χ3v) is 17.7. The second-order valence-electron chi connectivity index (χ2n) is 13.4. The highest BCUT2D eigenvalue weighted by Gasteiger charge is 2.52. The maximum Gasteiger partial charge on any atom is 0.306 e. The van der Waals surface area contributed by atoms with Crippen molar-refractivity contribution in [2.45, 2.75) is 142 Å². The third kappa shape index (κ3) is 7.28. The maximum absolute atomic E-state index is 12.1. The number of esters is 1. The van der Waals surface area contributed by atoms with Gasteiger partial charge in [0.1, 0.15) is 6.10 Å². The number of unbranched alkanes of at least 4 members (excludes halogenated alkanes) is 2. The van der Waals surface area contributed by atoms with Gasteiger partial charge in [0, 0.05) is 18.3 Å². The molecule has 5 atom stereocenters. The van der Waals surface area contributed by atoms with Gasteiger partial charge in [-0.05, 0) is 42.7 Å². The lowest BCUT2D eigenvalue weighted by atomic mass is 9.91. The minimum Gasteiger partial charge on any atom is -0.462 e. The predicted molar refractivity (Wildman–Crippen MR) is 144 cm³/mol. The van der Waals surface area contributed by atoms with Crippen LogP contribution in [-0.2, 0) is 18.4 Å². The van der Waals surface area contributed by atoms with Crippen LogP contribution in [0.2, 0.25) is 36.3 Å². The van der Waals surface area contributed by atoms with E-state index in [9.17, 15) is 4.79 Å². The summed E-state index contributed by atoms with van der Waals surface area (Å²) in [6, 6.07) is 0. The monoisotopic (exact) mass is 496 g/mol. The van der Waals surface area contributed by atoms with E-state index in [4.69, 9.17) is 13.6 Å². The van der Waals surface area contributed by atoms with Crippen LogP contribution in [0.3, 0.4) is 0 Å². The summed E-state index contributed by atoms with van der Waals surface area (Å²) in [4.78, 5) is 12.1. The van der Waals surface area contributed by atoms with Crippen molar-refractivity contribution in [2.24, 2.45) is 11.8 Å². The average Bonchev–Trinajstić information content (AvgIpc) is 3.12. The number of rotatable bonds is 10. The van der Waals surface area contributed by atoms with Crippen molar-refractivity contribution in [3.8, 4) is 0 Å². The second-order valence-corrected chi connectivity index (χ2v) is 22.9. The Balaban J connectivity index is 2.26. The molecule has 0 radical (unpaired) electrons. The molecule has 0 aromatic heterocycles. The topological polar surface area (TPSA) is 44.8 Å². The zero-order valence-corrected chi connectivity index (χ0v) is 25.4. The van der Waals surface area contributed by atoms with Crippen molar-refractivity contribution in [3.63, 3.8) is 0 Å². The molecule has 6 heteroatoms. The van der Waals surface area contributed by atoms with Crippen molar-refractivity contribution in [1.82, 2.24) is 0 Å². The molecule has 1 saturated heterocycles. The maximum atomic E-state index is 12.1. The molecule has 0 amide bonds. The molecule has 2 aliphatic rings. The average molecular weight is 497 g/mol. The van der Waals surface area contributed by atoms with E-state index < -0.39 is 16.6 Å². The molecular weight excluding hydrogens is 444 g/mol. The summed E-state index contributed by atoms with van der Waals surface area (Å²) in [5, 5.41) is 0.339. The second kappa shape index (κ2) is 10.7. The molecule has 2 fully saturated rings. The fourth-order valence-electron chi connectivity index (χ4n) is 4.44. The summed E-state index contributed by atoms with van der Waals surface area (Å²) in [6.07, 6.45) is 10.9.